The molecule has 0 radical (unpaired) electrons. The number of carbonyl (C=O) groups excluding carboxylic acids is 2. The van der Waals surface area contributed by atoms with Gasteiger partial charge >= 0.3 is 5.97 Å². The molecule has 1 saturated heterocycles. The van der Waals surface area contributed by atoms with Gasteiger partial charge in [-0.3, -0.25) is 4.79 Å². The van der Waals surface area contributed by atoms with Crippen LogP contribution in [-0.4, -0.2) is 62.0 Å². The van der Waals surface area contributed by atoms with E-state index in [9.17, 15) is 9.59 Å². The van der Waals surface area contributed by atoms with E-state index in [1.54, 1.807) is 13.2 Å². The molecule has 0 unspecified atom stereocenters. The number of piperidine rings is 1. The van der Waals surface area contributed by atoms with Crippen molar-refractivity contribution >= 4 is 11.9 Å². The van der Waals surface area contributed by atoms with Crippen molar-refractivity contribution in [2.45, 2.75) is 50.5 Å². The third-order valence-corrected chi connectivity index (χ3v) is 6.94. The molecule has 1 spiro atoms. The van der Waals surface area contributed by atoms with Crippen molar-refractivity contribution in [2.24, 2.45) is 5.92 Å². The first-order valence-corrected chi connectivity index (χ1v) is 10.9. The summed E-state index contributed by atoms with van der Waals surface area (Å²) in [4.78, 5) is 29.7. The molecule has 1 aromatic rings. The van der Waals surface area contributed by atoms with Crippen LogP contribution >= 0.6 is 0 Å². The van der Waals surface area contributed by atoms with Gasteiger partial charge in [0.1, 0.15) is 11.4 Å². The number of hydrogen-bond donors (Lipinski definition) is 0. The van der Waals surface area contributed by atoms with E-state index in [-0.39, 0.29) is 17.8 Å². The van der Waals surface area contributed by atoms with E-state index in [0.29, 0.717) is 24.2 Å². The average molecular weight is 401 g/mol. The highest BCUT2D eigenvalue weighted by atomic mass is 16.6. The molecule has 3 aliphatic rings. The summed E-state index contributed by atoms with van der Waals surface area (Å²) in [6, 6.07) is 5.60. The summed E-state index contributed by atoms with van der Waals surface area (Å²) in [6.45, 7) is 4.07. The van der Waals surface area contributed by atoms with Crippen LogP contribution in [0.1, 0.15) is 60.9 Å². The number of rotatable bonds is 5. The number of nitrogens with zero attached hydrogens (tertiary/aromatic N) is 2. The van der Waals surface area contributed by atoms with Crippen LogP contribution in [0.5, 0.6) is 5.75 Å². The van der Waals surface area contributed by atoms with E-state index in [2.05, 4.69) is 4.90 Å². The summed E-state index contributed by atoms with van der Waals surface area (Å²) in [7, 11) is 3.52. The molecule has 0 bridgehead atoms. The number of benzene rings is 1. The quantitative estimate of drug-likeness (QED) is 0.711. The van der Waals surface area contributed by atoms with Crippen LogP contribution in [0.4, 0.5) is 0 Å². The lowest BCUT2D eigenvalue weighted by Crippen LogP contribution is -2.43. The number of esters is 1. The summed E-state index contributed by atoms with van der Waals surface area (Å²) < 4.78 is 11.1. The molecule has 2 heterocycles. The molecule has 1 saturated carbocycles. The first-order valence-electron chi connectivity index (χ1n) is 10.9. The fraction of sp³-hybridized carbons (Fsp3) is 0.652. The molecule has 1 aromatic carbocycles. The number of likely N-dealkylation sites (tertiary alicyclic amines) is 1. The molecule has 6 heteroatoms. The van der Waals surface area contributed by atoms with E-state index in [1.807, 2.05) is 24.1 Å². The lowest BCUT2D eigenvalue weighted by atomic mass is 9.74. The maximum atomic E-state index is 13.0. The zero-order valence-electron chi connectivity index (χ0n) is 17.6. The van der Waals surface area contributed by atoms with Crippen LogP contribution < -0.4 is 4.74 Å². The van der Waals surface area contributed by atoms with Gasteiger partial charge in [0.2, 0.25) is 5.91 Å². The zero-order chi connectivity index (χ0) is 20.4. The minimum atomic E-state index is -0.568. The fourth-order valence-corrected chi connectivity index (χ4v) is 5.10. The minimum absolute atomic E-state index is 0.0213. The Kier molecular flexibility index (Phi) is 5.81. The second-order valence-corrected chi connectivity index (χ2v) is 8.73. The van der Waals surface area contributed by atoms with Gasteiger partial charge in [-0.25, -0.2) is 4.79 Å². The molecule has 0 N–H and O–H groups in total. The number of methoxy groups -OCH3 is 1. The minimum Gasteiger partial charge on any atom is -0.497 e. The maximum absolute atomic E-state index is 13.0. The average Bonchev–Trinajstić information content (AvgIpc) is 3.03. The Hall–Kier alpha value is -2.08. The second kappa shape index (κ2) is 8.34. The summed E-state index contributed by atoms with van der Waals surface area (Å²) >= 11 is 0. The first kappa shape index (κ1) is 20.2. The molecular formula is C23H32N2O4. The zero-order valence-corrected chi connectivity index (χ0v) is 17.6. The molecule has 2 fully saturated rings. The van der Waals surface area contributed by atoms with Gasteiger partial charge in [-0.1, -0.05) is 12.5 Å². The van der Waals surface area contributed by atoms with Gasteiger partial charge in [0.05, 0.1) is 12.7 Å². The van der Waals surface area contributed by atoms with Gasteiger partial charge in [-0.05, 0) is 63.7 Å². The third-order valence-electron chi connectivity index (χ3n) is 6.94. The van der Waals surface area contributed by atoms with E-state index in [1.165, 1.54) is 19.3 Å². The predicted octanol–water partition coefficient (Wildman–Crippen LogP) is 3.20. The van der Waals surface area contributed by atoms with Crippen LogP contribution in [0, 0.1) is 5.92 Å². The maximum Gasteiger partial charge on any atom is 0.339 e. The fourth-order valence-electron chi connectivity index (χ4n) is 5.10. The van der Waals surface area contributed by atoms with Crippen molar-refractivity contribution in [1.82, 2.24) is 9.80 Å². The van der Waals surface area contributed by atoms with Crippen LogP contribution in [0.25, 0.3) is 0 Å². The number of ether oxygens (including phenoxy) is 2. The van der Waals surface area contributed by atoms with Crippen molar-refractivity contribution in [1.29, 1.82) is 0 Å². The van der Waals surface area contributed by atoms with Crippen molar-refractivity contribution in [3.05, 3.63) is 29.3 Å². The molecule has 4 rings (SSSR count). The van der Waals surface area contributed by atoms with Gasteiger partial charge in [-0.15, -0.1) is 0 Å². The van der Waals surface area contributed by atoms with Crippen molar-refractivity contribution < 1.29 is 19.1 Å². The Bertz CT molecular complexity index is 764. The van der Waals surface area contributed by atoms with E-state index < -0.39 is 5.60 Å². The van der Waals surface area contributed by atoms with Gasteiger partial charge in [0, 0.05) is 31.6 Å². The van der Waals surface area contributed by atoms with Gasteiger partial charge < -0.3 is 19.3 Å². The van der Waals surface area contributed by atoms with E-state index in [4.69, 9.17) is 9.47 Å². The Morgan fingerprint density at radius 2 is 1.97 bits per heavy atom. The summed E-state index contributed by atoms with van der Waals surface area (Å²) in [5.41, 5.74) is 0.988. The lowest BCUT2D eigenvalue weighted by Gasteiger charge is -2.37. The number of amides is 1. The topological polar surface area (TPSA) is 59.1 Å². The normalized spacial score (nSPS) is 26.8. The molecule has 158 valence electrons. The number of likely N-dealkylation sites (N-methyl/N-ethyl adjacent to an activating group) is 1. The molecular weight excluding hydrogens is 368 g/mol. The smallest absolute Gasteiger partial charge is 0.339 e. The highest BCUT2D eigenvalue weighted by molar-refractivity contribution is 5.95. The standard InChI is InChI=1S/C23H32N2O4/c1-24(14-15-25-12-4-3-5-13-25)21(26)17-8-10-23(11-9-17)20-7-6-18(28-2)16-19(20)22(27)29-23/h6-7,16-17H,3-5,8-15H2,1-2H3/t17-,23-. The molecule has 1 aliphatic carbocycles. The van der Waals surface area contributed by atoms with Crippen molar-refractivity contribution in [3.8, 4) is 5.75 Å². The summed E-state index contributed by atoms with van der Waals surface area (Å²) in [5, 5.41) is 0. The second-order valence-electron chi connectivity index (χ2n) is 8.73. The Morgan fingerprint density at radius 3 is 2.66 bits per heavy atom. The molecule has 0 atom stereocenters. The van der Waals surface area contributed by atoms with Crippen molar-refractivity contribution in [3.63, 3.8) is 0 Å². The van der Waals surface area contributed by atoms with Crippen molar-refractivity contribution in [2.75, 3.05) is 40.3 Å². The number of fused-ring (bicyclic) bond motifs is 2. The molecule has 1 amide bonds. The van der Waals surface area contributed by atoms with Crippen LogP contribution in [0.15, 0.2) is 18.2 Å². The SMILES string of the molecule is COc1ccc2c(c1)C(=O)O[C@]21CC[C@H](C(=O)N(C)CCN2CCCCC2)CC1. The van der Waals surface area contributed by atoms with Crippen LogP contribution in [0.2, 0.25) is 0 Å². The number of carbonyl (C=O) groups is 2. The monoisotopic (exact) mass is 400 g/mol. The van der Waals surface area contributed by atoms with Gasteiger partial charge in [0.25, 0.3) is 0 Å². The summed E-state index contributed by atoms with van der Waals surface area (Å²) in [6.07, 6.45) is 6.79. The van der Waals surface area contributed by atoms with E-state index >= 15 is 0 Å². The Balaban J connectivity index is 1.35. The van der Waals surface area contributed by atoms with E-state index in [0.717, 1.165) is 44.6 Å². The number of hydrogen-bond acceptors (Lipinski definition) is 5. The Labute approximate surface area is 173 Å². The van der Waals surface area contributed by atoms with Crippen LogP contribution in [-0.2, 0) is 15.1 Å². The van der Waals surface area contributed by atoms with Gasteiger partial charge in [0.15, 0.2) is 0 Å². The first-order chi connectivity index (χ1) is 14.0. The highest BCUT2D eigenvalue weighted by Gasteiger charge is 2.48. The largest absolute Gasteiger partial charge is 0.497 e. The summed E-state index contributed by atoms with van der Waals surface area (Å²) in [5.74, 6) is 0.642. The lowest BCUT2D eigenvalue weighted by molar-refractivity contribution is -0.137. The molecule has 6 nitrogen and oxygen atoms in total. The Morgan fingerprint density at radius 1 is 1.24 bits per heavy atom. The molecule has 29 heavy (non-hydrogen) atoms. The third kappa shape index (κ3) is 4.00. The molecule has 0 aromatic heterocycles. The highest BCUT2D eigenvalue weighted by Crippen LogP contribution is 2.48. The van der Waals surface area contributed by atoms with Crippen LogP contribution in [0.3, 0.4) is 0 Å². The predicted molar refractivity (Wildman–Crippen MR) is 110 cm³/mol. The molecule has 2 aliphatic heterocycles. The van der Waals surface area contributed by atoms with Gasteiger partial charge in [-0.2, -0.15) is 0 Å².